The van der Waals surface area contributed by atoms with Crippen LogP contribution in [0.25, 0.3) is 10.9 Å². The molecule has 1 heterocycles. The molecule has 0 radical (unpaired) electrons. The maximum Gasteiger partial charge on any atom is 0.275 e. The molecule has 1 amide bonds. The van der Waals surface area contributed by atoms with Crippen molar-refractivity contribution < 1.29 is 9.53 Å². The van der Waals surface area contributed by atoms with Gasteiger partial charge in [0.05, 0.1) is 11.8 Å². The number of carbonyl (C=O) groups excluding carboxylic acids is 1. The molecule has 5 rings (SSSR count). The fraction of sp³-hybridized carbons (Fsp3) is 0.0667. The van der Waals surface area contributed by atoms with Gasteiger partial charge in [0.1, 0.15) is 12.4 Å². The molecular formula is C30H24BrN3O2. The van der Waals surface area contributed by atoms with Crippen LogP contribution in [0.5, 0.6) is 5.75 Å². The Morgan fingerprint density at radius 3 is 2.42 bits per heavy atom. The number of carbonyl (C=O) groups is 1. The first-order valence-electron chi connectivity index (χ1n) is 11.6. The van der Waals surface area contributed by atoms with Gasteiger partial charge in [-0.1, -0.05) is 88.7 Å². The van der Waals surface area contributed by atoms with E-state index in [2.05, 4.69) is 61.5 Å². The van der Waals surface area contributed by atoms with E-state index >= 15 is 0 Å². The zero-order valence-electron chi connectivity index (χ0n) is 19.5. The number of hydrogen-bond acceptors (Lipinski definition) is 3. The Bertz CT molecular complexity index is 1510. The van der Waals surface area contributed by atoms with Crippen molar-refractivity contribution in [2.45, 2.75) is 13.2 Å². The second-order valence-corrected chi connectivity index (χ2v) is 9.24. The molecule has 6 heteroatoms. The van der Waals surface area contributed by atoms with Gasteiger partial charge in [0.25, 0.3) is 5.91 Å². The number of benzene rings is 4. The Morgan fingerprint density at radius 1 is 0.861 bits per heavy atom. The molecule has 178 valence electrons. The summed E-state index contributed by atoms with van der Waals surface area (Å²) in [4.78, 5) is 12.9. The summed E-state index contributed by atoms with van der Waals surface area (Å²) in [6, 6.07) is 33.5. The van der Waals surface area contributed by atoms with Gasteiger partial charge in [0.2, 0.25) is 0 Å². The van der Waals surface area contributed by atoms with Crippen molar-refractivity contribution in [1.82, 2.24) is 9.99 Å². The summed E-state index contributed by atoms with van der Waals surface area (Å²) < 4.78 is 9.16. The highest BCUT2D eigenvalue weighted by atomic mass is 79.9. The number of halogens is 1. The highest BCUT2D eigenvalue weighted by molar-refractivity contribution is 9.10. The summed E-state index contributed by atoms with van der Waals surface area (Å²) in [5.74, 6) is 0.189. The maximum absolute atomic E-state index is 12.9. The van der Waals surface area contributed by atoms with E-state index < -0.39 is 0 Å². The average Bonchev–Trinajstić information content (AvgIpc) is 3.26. The molecule has 36 heavy (non-hydrogen) atoms. The lowest BCUT2D eigenvalue weighted by Crippen LogP contribution is -2.18. The van der Waals surface area contributed by atoms with Gasteiger partial charge in [-0.2, -0.15) is 5.10 Å². The van der Waals surface area contributed by atoms with Gasteiger partial charge in [-0.15, -0.1) is 0 Å². The summed E-state index contributed by atoms with van der Waals surface area (Å²) in [6.07, 6.45) is 3.74. The molecule has 1 aromatic heterocycles. The van der Waals surface area contributed by atoms with Crippen molar-refractivity contribution >= 4 is 39.0 Å². The summed E-state index contributed by atoms with van der Waals surface area (Å²) in [7, 11) is 0. The third-order valence-electron chi connectivity index (χ3n) is 5.82. The quantitative estimate of drug-likeness (QED) is 0.175. The van der Waals surface area contributed by atoms with E-state index in [9.17, 15) is 4.79 Å². The minimum Gasteiger partial charge on any atom is -0.488 e. The molecule has 0 fully saturated rings. The van der Waals surface area contributed by atoms with E-state index in [0.29, 0.717) is 17.9 Å². The SMILES string of the molecule is O=C(N/N=C\c1cn(Cc2ccc(Br)cc2)c2ccccc12)c1ccccc1OCc1ccccc1. The van der Waals surface area contributed by atoms with Crippen LogP contribution >= 0.6 is 15.9 Å². The minimum absolute atomic E-state index is 0.325. The minimum atomic E-state index is -0.325. The lowest BCUT2D eigenvalue weighted by atomic mass is 10.2. The molecule has 0 spiro atoms. The number of hydrogen-bond donors (Lipinski definition) is 1. The Morgan fingerprint density at radius 2 is 1.58 bits per heavy atom. The molecule has 5 nitrogen and oxygen atoms in total. The third-order valence-corrected chi connectivity index (χ3v) is 6.35. The largest absolute Gasteiger partial charge is 0.488 e. The normalized spacial score (nSPS) is 11.1. The Balaban J connectivity index is 1.31. The van der Waals surface area contributed by atoms with Crippen molar-refractivity contribution in [2.24, 2.45) is 5.10 Å². The van der Waals surface area contributed by atoms with Crippen LogP contribution in [0.15, 0.2) is 119 Å². The first-order valence-corrected chi connectivity index (χ1v) is 12.4. The van der Waals surface area contributed by atoms with Crippen molar-refractivity contribution in [3.8, 4) is 5.75 Å². The molecule has 0 aliphatic heterocycles. The number of amides is 1. The number of aromatic nitrogens is 1. The van der Waals surface area contributed by atoms with Crippen LogP contribution in [0.1, 0.15) is 27.0 Å². The molecule has 0 aliphatic rings. The molecule has 0 saturated heterocycles. The molecule has 1 N–H and O–H groups in total. The maximum atomic E-state index is 12.9. The number of nitrogens with zero attached hydrogens (tertiary/aromatic N) is 2. The van der Waals surface area contributed by atoms with Crippen LogP contribution in [-0.4, -0.2) is 16.7 Å². The number of rotatable bonds is 8. The van der Waals surface area contributed by atoms with Crippen molar-refractivity contribution in [3.05, 3.63) is 136 Å². The molecule has 0 aliphatic carbocycles. The van der Waals surface area contributed by atoms with Gasteiger partial charge in [-0.3, -0.25) is 4.79 Å². The fourth-order valence-electron chi connectivity index (χ4n) is 4.03. The Kier molecular flexibility index (Phi) is 7.24. The lowest BCUT2D eigenvalue weighted by molar-refractivity contribution is 0.0950. The standard InChI is InChI=1S/C30H24BrN3O2/c31-25-16-14-22(15-17-25)19-34-20-24(26-10-4-6-12-28(26)34)18-32-33-30(35)27-11-5-7-13-29(27)36-21-23-8-2-1-3-9-23/h1-18,20H,19,21H2,(H,33,35)/b32-18-. The first kappa shape index (κ1) is 23.6. The summed E-state index contributed by atoms with van der Waals surface area (Å²) >= 11 is 3.49. The van der Waals surface area contributed by atoms with Crippen LogP contribution in [0, 0.1) is 0 Å². The summed E-state index contributed by atoms with van der Waals surface area (Å²) in [5, 5.41) is 5.33. The second-order valence-electron chi connectivity index (χ2n) is 8.33. The van der Waals surface area contributed by atoms with Crippen LogP contribution in [0.3, 0.4) is 0 Å². The molecule has 4 aromatic carbocycles. The number of hydrazone groups is 1. The fourth-order valence-corrected chi connectivity index (χ4v) is 4.30. The monoisotopic (exact) mass is 537 g/mol. The van der Waals surface area contributed by atoms with Crippen LogP contribution in [-0.2, 0) is 13.2 Å². The van der Waals surface area contributed by atoms with E-state index in [0.717, 1.165) is 33.0 Å². The number of ether oxygens (including phenoxy) is 1. The molecule has 0 atom stereocenters. The molecule has 0 unspecified atom stereocenters. The van der Waals surface area contributed by atoms with E-state index in [-0.39, 0.29) is 5.91 Å². The smallest absolute Gasteiger partial charge is 0.275 e. The predicted molar refractivity (Wildman–Crippen MR) is 147 cm³/mol. The zero-order valence-corrected chi connectivity index (χ0v) is 21.1. The van der Waals surface area contributed by atoms with E-state index in [1.165, 1.54) is 5.56 Å². The van der Waals surface area contributed by atoms with Crippen LogP contribution in [0.4, 0.5) is 0 Å². The van der Waals surface area contributed by atoms with E-state index in [4.69, 9.17) is 4.74 Å². The zero-order chi connectivity index (χ0) is 24.7. The number of nitrogens with one attached hydrogen (secondary N) is 1. The van der Waals surface area contributed by atoms with E-state index in [1.807, 2.05) is 66.7 Å². The molecular weight excluding hydrogens is 514 g/mol. The average molecular weight is 538 g/mol. The highest BCUT2D eigenvalue weighted by Crippen LogP contribution is 2.22. The lowest BCUT2D eigenvalue weighted by Gasteiger charge is -2.10. The molecule has 5 aromatic rings. The van der Waals surface area contributed by atoms with Crippen LogP contribution < -0.4 is 10.2 Å². The van der Waals surface area contributed by atoms with Crippen molar-refractivity contribution in [2.75, 3.05) is 0 Å². The highest BCUT2D eigenvalue weighted by Gasteiger charge is 2.12. The second kappa shape index (κ2) is 11.1. The van der Waals surface area contributed by atoms with Gasteiger partial charge < -0.3 is 9.30 Å². The third kappa shape index (κ3) is 5.56. The summed E-state index contributed by atoms with van der Waals surface area (Å²) in [5.41, 5.74) is 7.35. The summed E-state index contributed by atoms with van der Waals surface area (Å²) in [6.45, 7) is 1.12. The topological polar surface area (TPSA) is 55.6 Å². The van der Waals surface area contributed by atoms with E-state index in [1.54, 1.807) is 18.3 Å². The van der Waals surface area contributed by atoms with Crippen molar-refractivity contribution in [1.29, 1.82) is 0 Å². The van der Waals surface area contributed by atoms with Gasteiger partial charge in [0.15, 0.2) is 0 Å². The van der Waals surface area contributed by atoms with Crippen LogP contribution in [0.2, 0.25) is 0 Å². The van der Waals surface area contributed by atoms with Gasteiger partial charge in [-0.25, -0.2) is 5.43 Å². The van der Waals surface area contributed by atoms with Gasteiger partial charge in [0, 0.05) is 33.7 Å². The Hall–Kier alpha value is -4.16. The van der Waals surface area contributed by atoms with Crippen molar-refractivity contribution in [3.63, 3.8) is 0 Å². The predicted octanol–water partition coefficient (Wildman–Crippen LogP) is 6.80. The number of para-hydroxylation sites is 2. The van der Waals surface area contributed by atoms with Gasteiger partial charge in [-0.05, 0) is 41.5 Å². The molecule has 0 bridgehead atoms. The molecule has 0 saturated carbocycles. The number of fused-ring (bicyclic) bond motifs is 1. The Labute approximate surface area is 218 Å². The first-order chi connectivity index (χ1) is 17.7. The van der Waals surface area contributed by atoms with Gasteiger partial charge >= 0.3 is 0 Å².